The van der Waals surface area contributed by atoms with Gasteiger partial charge in [-0.2, -0.15) is 0 Å². The lowest BCUT2D eigenvalue weighted by Gasteiger charge is -2.09. The van der Waals surface area contributed by atoms with Gasteiger partial charge >= 0.3 is 0 Å². The molecular formula is C11H10BrF2N3. The molecule has 1 N–H and O–H groups in total. The molecule has 0 aliphatic rings. The van der Waals surface area contributed by atoms with Gasteiger partial charge in [0.2, 0.25) is 0 Å². The van der Waals surface area contributed by atoms with Gasteiger partial charge in [-0.1, -0.05) is 15.9 Å². The monoisotopic (exact) mass is 301 g/mol. The van der Waals surface area contributed by atoms with Gasteiger partial charge < -0.3 is 5.32 Å². The molecule has 0 radical (unpaired) electrons. The number of benzene rings is 1. The maximum atomic E-state index is 12.6. The van der Waals surface area contributed by atoms with Gasteiger partial charge in [0, 0.05) is 16.4 Å². The molecule has 0 amide bonds. The average Bonchev–Trinajstić information content (AvgIpc) is 2.29. The van der Waals surface area contributed by atoms with E-state index >= 15 is 0 Å². The van der Waals surface area contributed by atoms with Crippen molar-refractivity contribution in [3.8, 4) is 0 Å². The van der Waals surface area contributed by atoms with Gasteiger partial charge in [-0.25, -0.2) is 18.7 Å². The van der Waals surface area contributed by atoms with Crippen LogP contribution in [0.1, 0.15) is 19.2 Å². The third-order valence-corrected chi connectivity index (χ3v) is 2.71. The van der Waals surface area contributed by atoms with Gasteiger partial charge in [0.1, 0.15) is 5.82 Å². The van der Waals surface area contributed by atoms with Gasteiger partial charge in [-0.15, -0.1) is 0 Å². The van der Waals surface area contributed by atoms with E-state index in [0.29, 0.717) is 17.9 Å². The fourth-order valence-electron chi connectivity index (χ4n) is 1.52. The van der Waals surface area contributed by atoms with Crippen LogP contribution >= 0.6 is 15.9 Å². The molecule has 0 aliphatic carbocycles. The number of hydrogen-bond acceptors (Lipinski definition) is 3. The van der Waals surface area contributed by atoms with Gasteiger partial charge in [-0.3, -0.25) is 0 Å². The molecule has 6 heteroatoms. The van der Waals surface area contributed by atoms with Crippen molar-refractivity contribution in [1.82, 2.24) is 9.97 Å². The Bertz CT molecular complexity index is 545. The van der Waals surface area contributed by atoms with Crippen LogP contribution in [0, 0.1) is 0 Å². The van der Waals surface area contributed by atoms with Crippen LogP contribution in [0.15, 0.2) is 22.7 Å². The first-order valence-electron chi connectivity index (χ1n) is 5.11. The highest BCUT2D eigenvalue weighted by Crippen LogP contribution is 2.26. The second kappa shape index (κ2) is 4.91. The Balaban J connectivity index is 2.67. The van der Waals surface area contributed by atoms with E-state index in [4.69, 9.17) is 0 Å². The highest BCUT2D eigenvalue weighted by atomic mass is 79.9. The topological polar surface area (TPSA) is 37.8 Å². The zero-order valence-corrected chi connectivity index (χ0v) is 10.6. The number of halogens is 3. The molecule has 1 aromatic carbocycles. The molecule has 0 spiro atoms. The quantitative estimate of drug-likeness (QED) is 0.938. The van der Waals surface area contributed by atoms with Gasteiger partial charge in [0.05, 0.1) is 5.52 Å². The molecule has 0 fully saturated rings. The molecule has 2 aromatic rings. The van der Waals surface area contributed by atoms with Crippen LogP contribution in [0.25, 0.3) is 10.9 Å². The zero-order valence-electron chi connectivity index (χ0n) is 9.04. The van der Waals surface area contributed by atoms with Gasteiger partial charge in [0.25, 0.3) is 6.43 Å². The summed E-state index contributed by atoms with van der Waals surface area (Å²) in [5.74, 6) is -0.00938. The molecule has 1 aromatic heterocycles. The second-order valence-corrected chi connectivity index (χ2v) is 4.34. The maximum absolute atomic E-state index is 12.6. The number of alkyl halides is 2. The van der Waals surface area contributed by atoms with E-state index in [0.717, 1.165) is 9.86 Å². The summed E-state index contributed by atoms with van der Waals surface area (Å²) in [6.07, 6.45) is -2.67. The van der Waals surface area contributed by atoms with Crippen molar-refractivity contribution in [1.29, 1.82) is 0 Å². The summed E-state index contributed by atoms with van der Waals surface area (Å²) >= 11 is 3.33. The lowest BCUT2D eigenvalue weighted by molar-refractivity contribution is 0.141. The van der Waals surface area contributed by atoms with E-state index < -0.39 is 12.2 Å². The molecule has 90 valence electrons. The summed E-state index contributed by atoms with van der Waals surface area (Å²) < 4.78 is 26.1. The highest BCUT2D eigenvalue weighted by molar-refractivity contribution is 9.10. The molecule has 0 bridgehead atoms. The van der Waals surface area contributed by atoms with E-state index in [9.17, 15) is 8.78 Å². The second-order valence-electron chi connectivity index (χ2n) is 3.42. The summed E-state index contributed by atoms with van der Waals surface area (Å²) in [5, 5.41) is 3.70. The van der Waals surface area contributed by atoms with Crippen molar-refractivity contribution >= 4 is 32.7 Å². The molecular weight excluding hydrogens is 292 g/mol. The number of rotatable bonds is 3. The largest absolute Gasteiger partial charge is 0.370 e. The van der Waals surface area contributed by atoms with Crippen molar-refractivity contribution in [2.24, 2.45) is 0 Å². The van der Waals surface area contributed by atoms with Crippen LogP contribution in [0.2, 0.25) is 0 Å². The predicted molar refractivity (Wildman–Crippen MR) is 66.4 cm³/mol. The van der Waals surface area contributed by atoms with Crippen molar-refractivity contribution in [3.63, 3.8) is 0 Å². The first-order valence-corrected chi connectivity index (χ1v) is 5.90. The third kappa shape index (κ3) is 2.52. The summed E-state index contributed by atoms with van der Waals surface area (Å²) in [7, 11) is 0. The van der Waals surface area contributed by atoms with E-state index in [-0.39, 0.29) is 0 Å². The zero-order chi connectivity index (χ0) is 12.4. The van der Waals surface area contributed by atoms with Crippen LogP contribution in [0.3, 0.4) is 0 Å². The van der Waals surface area contributed by atoms with Crippen LogP contribution < -0.4 is 5.32 Å². The number of aromatic nitrogens is 2. The molecule has 0 aliphatic heterocycles. The first-order chi connectivity index (χ1) is 8.11. The molecule has 0 saturated heterocycles. The minimum Gasteiger partial charge on any atom is -0.370 e. The smallest absolute Gasteiger partial charge is 0.297 e. The Kier molecular flexibility index (Phi) is 3.51. The SMILES string of the molecule is CCNc1nc(C(F)F)nc2ccc(Br)cc12. The normalized spacial score (nSPS) is 11.1. The molecule has 0 atom stereocenters. The number of anilines is 1. The lowest BCUT2D eigenvalue weighted by atomic mass is 10.2. The Labute approximate surface area is 105 Å². The van der Waals surface area contributed by atoms with Crippen LogP contribution in [0.5, 0.6) is 0 Å². The first kappa shape index (κ1) is 12.2. The van der Waals surface area contributed by atoms with Gasteiger partial charge in [0.15, 0.2) is 5.82 Å². The number of nitrogens with one attached hydrogen (secondary N) is 1. The average molecular weight is 302 g/mol. The van der Waals surface area contributed by atoms with Crippen LogP contribution in [-0.4, -0.2) is 16.5 Å². The molecule has 3 nitrogen and oxygen atoms in total. The Morgan fingerprint density at radius 3 is 2.76 bits per heavy atom. The van der Waals surface area contributed by atoms with Crippen molar-refractivity contribution in [2.45, 2.75) is 13.3 Å². The Hall–Kier alpha value is -1.30. The minimum absolute atomic E-state index is 0.439. The van der Waals surface area contributed by atoms with E-state index in [1.165, 1.54) is 0 Å². The molecule has 0 saturated carbocycles. The standard InChI is InChI=1S/C11H10BrF2N3/c1-2-15-10-7-5-6(12)3-4-8(7)16-11(17-10)9(13)14/h3-5,9H,2H2,1H3,(H,15,16,17). The van der Waals surface area contributed by atoms with E-state index in [1.54, 1.807) is 12.1 Å². The van der Waals surface area contributed by atoms with E-state index in [2.05, 4.69) is 31.2 Å². The fourth-order valence-corrected chi connectivity index (χ4v) is 1.88. The number of nitrogens with zero attached hydrogens (tertiary/aromatic N) is 2. The lowest BCUT2D eigenvalue weighted by Crippen LogP contribution is -2.05. The molecule has 1 heterocycles. The Morgan fingerprint density at radius 2 is 2.12 bits per heavy atom. The summed E-state index contributed by atoms with van der Waals surface area (Å²) in [4.78, 5) is 7.67. The fraction of sp³-hybridized carbons (Fsp3) is 0.273. The van der Waals surface area contributed by atoms with Crippen LogP contribution in [0.4, 0.5) is 14.6 Å². The molecule has 2 rings (SSSR count). The molecule has 17 heavy (non-hydrogen) atoms. The van der Waals surface area contributed by atoms with Crippen LogP contribution in [-0.2, 0) is 0 Å². The minimum atomic E-state index is -2.67. The molecule has 0 unspecified atom stereocenters. The van der Waals surface area contributed by atoms with Crippen molar-refractivity contribution in [2.75, 3.05) is 11.9 Å². The predicted octanol–water partition coefficient (Wildman–Crippen LogP) is 3.76. The van der Waals surface area contributed by atoms with E-state index in [1.807, 2.05) is 13.0 Å². The highest BCUT2D eigenvalue weighted by Gasteiger charge is 2.14. The third-order valence-electron chi connectivity index (χ3n) is 2.21. The summed E-state index contributed by atoms with van der Waals surface area (Å²) in [5.41, 5.74) is 0.509. The number of fused-ring (bicyclic) bond motifs is 1. The Morgan fingerprint density at radius 1 is 1.35 bits per heavy atom. The number of hydrogen-bond donors (Lipinski definition) is 1. The summed E-state index contributed by atoms with van der Waals surface area (Å²) in [6.45, 7) is 2.50. The van der Waals surface area contributed by atoms with Crippen molar-refractivity contribution < 1.29 is 8.78 Å². The summed E-state index contributed by atoms with van der Waals surface area (Å²) in [6, 6.07) is 5.26. The van der Waals surface area contributed by atoms with Crippen molar-refractivity contribution in [3.05, 3.63) is 28.5 Å². The van der Waals surface area contributed by atoms with Gasteiger partial charge in [-0.05, 0) is 25.1 Å². The maximum Gasteiger partial charge on any atom is 0.297 e.